The lowest BCUT2D eigenvalue weighted by Gasteiger charge is -2.30. The molecule has 0 radical (unpaired) electrons. The van der Waals surface area contributed by atoms with E-state index < -0.39 is 10.0 Å². The first-order valence-electron chi connectivity index (χ1n) is 8.88. The normalized spacial score (nSPS) is 13.3. The maximum Gasteiger partial charge on any atom is 0.274 e. The molecule has 0 bridgehead atoms. The number of anilines is 1. The molecule has 0 fully saturated rings. The number of hydrogen-bond acceptors (Lipinski definition) is 6. The van der Waals surface area contributed by atoms with E-state index in [2.05, 4.69) is 6.07 Å². The number of aryl methyl sites for hydroxylation is 1. The van der Waals surface area contributed by atoms with Crippen LogP contribution < -0.4 is 13.8 Å². The highest BCUT2D eigenvalue weighted by molar-refractivity contribution is 7.94. The van der Waals surface area contributed by atoms with Crippen LogP contribution in [0.1, 0.15) is 10.4 Å². The van der Waals surface area contributed by atoms with E-state index in [-0.39, 0.29) is 6.54 Å². The number of ether oxygens (including phenoxy) is 2. The number of nitriles is 1. The maximum absolute atomic E-state index is 13.2. The predicted molar refractivity (Wildman–Crippen MR) is 112 cm³/mol. The Morgan fingerprint density at radius 3 is 2.59 bits per heavy atom. The zero-order chi connectivity index (χ0) is 20.6. The molecule has 0 aliphatic carbocycles. The summed E-state index contributed by atoms with van der Waals surface area (Å²) in [4.78, 5) is 0.940. The van der Waals surface area contributed by atoms with Crippen molar-refractivity contribution in [3.05, 3.63) is 59.0 Å². The summed E-state index contributed by atoms with van der Waals surface area (Å²) in [6.45, 7) is 2.42. The SMILES string of the molecule is COc1cc(-c2ccc3c(c2)N(S(=O)(=O)c2ccc(C)s2)CCO3)ccc1C#N. The van der Waals surface area contributed by atoms with Gasteiger partial charge in [-0.3, -0.25) is 4.31 Å². The van der Waals surface area contributed by atoms with Crippen molar-refractivity contribution < 1.29 is 17.9 Å². The van der Waals surface area contributed by atoms with Gasteiger partial charge in [0.2, 0.25) is 0 Å². The molecule has 1 aliphatic heterocycles. The molecule has 0 N–H and O–H groups in total. The van der Waals surface area contributed by atoms with Gasteiger partial charge in [-0.2, -0.15) is 5.26 Å². The molecule has 148 valence electrons. The number of sulfonamides is 1. The minimum Gasteiger partial charge on any atom is -0.495 e. The first kappa shape index (κ1) is 19.3. The van der Waals surface area contributed by atoms with Gasteiger partial charge in [0.05, 0.1) is 24.9 Å². The number of rotatable bonds is 4. The lowest BCUT2D eigenvalue weighted by molar-refractivity contribution is 0.316. The highest BCUT2D eigenvalue weighted by Crippen LogP contribution is 2.40. The van der Waals surface area contributed by atoms with Gasteiger partial charge in [-0.15, -0.1) is 11.3 Å². The Bertz CT molecular complexity index is 1230. The smallest absolute Gasteiger partial charge is 0.274 e. The summed E-state index contributed by atoms with van der Waals surface area (Å²) >= 11 is 1.26. The van der Waals surface area contributed by atoms with Crippen molar-refractivity contribution in [2.75, 3.05) is 24.6 Å². The summed E-state index contributed by atoms with van der Waals surface area (Å²) in [6.07, 6.45) is 0. The molecule has 1 aliphatic rings. The molecule has 6 nitrogen and oxygen atoms in total. The fourth-order valence-electron chi connectivity index (χ4n) is 3.25. The Balaban J connectivity index is 1.80. The van der Waals surface area contributed by atoms with Crippen LogP contribution in [-0.4, -0.2) is 28.7 Å². The summed E-state index contributed by atoms with van der Waals surface area (Å²) in [5.74, 6) is 0.995. The summed E-state index contributed by atoms with van der Waals surface area (Å²) < 4.78 is 39.1. The second-order valence-electron chi connectivity index (χ2n) is 6.50. The molecule has 0 saturated heterocycles. The van der Waals surface area contributed by atoms with Crippen molar-refractivity contribution in [1.82, 2.24) is 0 Å². The monoisotopic (exact) mass is 426 g/mol. The standard InChI is InChI=1S/C21H18N2O4S2/c1-14-3-8-21(28-14)29(24,25)23-9-10-27-19-7-6-15(11-18(19)23)16-4-5-17(13-22)20(12-16)26-2/h3-8,11-12H,9-10H2,1-2H3. The van der Waals surface area contributed by atoms with Gasteiger partial charge in [-0.05, 0) is 54.4 Å². The molecular formula is C21H18N2O4S2. The molecule has 0 saturated carbocycles. The van der Waals surface area contributed by atoms with Crippen LogP contribution in [0.5, 0.6) is 11.5 Å². The molecule has 29 heavy (non-hydrogen) atoms. The lowest BCUT2D eigenvalue weighted by atomic mass is 10.0. The quantitative estimate of drug-likeness (QED) is 0.625. The summed E-state index contributed by atoms with van der Waals surface area (Å²) in [7, 11) is -2.16. The van der Waals surface area contributed by atoms with Crippen molar-refractivity contribution in [3.63, 3.8) is 0 Å². The van der Waals surface area contributed by atoms with Gasteiger partial charge in [0, 0.05) is 4.88 Å². The number of benzene rings is 2. The molecule has 0 atom stereocenters. The van der Waals surface area contributed by atoms with Gasteiger partial charge in [0.1, 0.15) is 28.4 Å². The number of fused-ring (bicyclic) bond motifs is 1. The van der Waals surface area contributed by atoms with Crippen LogP contribution in [0.4, 0.5) is 5.69 Å². The largest absolute Gasteiger partial charge is 0.495 e. The molecule has 0 unspecified atom stereocenters. The number of methoxy groups -OCH3 is 1. The van der Waals surface area contributed by atoms with E-state index in [1.807, 2.05) is 19.1 Å². The average molecular weight is 427 g/mol. The van der Waals surface area contributed by atoms with Crippen LogP contribution in [0, 0.1) is 18.3 Å². The Morgan fingerprint density at radius 2 is 1.90 bits per heavy atom. The van der Waals surface area contributed by atoms with Crippen molar-refractivity contribution in [2.45, 2.75) is 11.1 Å². The van der Waals surface area contributed by atoms with Crippen molar-refractivity contribution in [1.29, 1.82) is 5.26 Å². The van der Waals surface area contributed by atoms with Gasteiger partial charge in [-0.25, -0.2) is 8.42 Å². The fourth-order valence-corrected chi connectivity index (χ4v) is 6.09. The highest BCUT2D eigenvalue weighted by Gasteiger charge is 2.31. The zero-order valence-electron chi connectivity index (χ0n) is 15.9. The second-order valence-corrected chi connectivity index (χ2v) is 9.88. The van der Waals surface area contributed by atoms with E-state index in [0.29, 0.717) is 33.6 Å². The van der Waals surface area contributed by atoms with Gasteiger partial charge in [0.25, 0.3) is 10.0 Å². The Morgan fingerprint density at radius 1 is 1.14 bits per heavy atom. The van der Waals surface area contributed by atoms with E-state index in [0.717, 1.165) is 16.0 Å². The summed E-state index contributed by atoms with van der Waals surface area (Å²) in [5, 5.41) is 9.18. The molecule has 0 amide bonds. The van der Waals surface area contributed by atoms with Crippen molar-refractivity contribution in [2.24, 2.45) is 0 Å². The van der Waals surface area contributed by atoms with Crippen LogP contribution in [0.3, 0.4) is 0 Å². The Labute approximate surface area is 173 Å². The maximum atomic E-state index is 13.2. The zero-order valence-corrected chi connectivity index (χ0v) is 17.5. The summed E-state index contributed by atoms with van der Waals surface area (Å²) in [6, 6.07) is 16.2. The molecule has 1 aromatic heterocycles. The van der Waals surface area contributed by atoms with E-state index in [1.54, 1.807) is 36.4 Å². The molecule has 2 heterocycles. The third-order valence-electron chi connectivity index (χ3n) is 4.69. The molecule has 4 rings (SSSR count). The van der Waals surface area contributed by atoms with Gasteiger partial charge in [-0.1, -0.05) is 12.1 Å². The van der Waals surface area contributed by atoms with Crippen LogP contribution in [0.2, 0.25) is 0 Å². The van der Waals surface area contributed by atoms with E-state index in [4.69, 9.17) is 9.47 Å². The van der Waals surface area contributed by atoms with Crippen LogP contribution >= 0.6 is 11.3 Å². The van der Waals surface area contributed by atoms with E-state index >= 15 is 0 Å². The van der Waals surface area contributed by atoms with Crippen LogP contribution in [-0.2, 0) is 10.0 Å². The third kappa shape index (κ3) is 3.43. The first-order chi connectivity index (χ1) is 13.9. The molecule has 0 spiro atoms. The van der Waals surface area contributed by atoms with E-state index in [9.17, 15) is 13.7 Å². The fraction of sp³-hybridized carbons (Fsp3) is 0.190. The van der Waals surface area contributed by atoms with Gasteiger partial charge in [0.15, 0.2) is 0 Å². The molecule has 3 aromatic rings. The minimum atomic E-state index is -3.67. The molecular weight excluding hydrogens is 408 g/mol. The number of thiophene rings is 1. The lowest BCUT2D eigenvalue weighted by Crippen LogP contribution is -2.37. The minimum absolute atomic E-state index is 0.242. The van der Waals surface area contributed by atoms with Gasteiger partial charge < -0.3 is 9.47 Å². The van der Waals surface area contributed by atoms with Gasteiger partial charge >= 0.3 is 0 Å². The molecule has 8 heteroatoms. The highest BCUT2D eigenvalue weighted by atomic mass is 32.2. The first-order valence-corrected chi connectivity index (χ1v) is 11.1. The van der Waals surface area contributed by atoms with Crippen molar-refractivity contribution >= 4 is 27.0 Å². The predicted octanol–water partition coefficient (Wildman–Crippen LogP) is 4.19. The van der Waals surface area contributed by atoms with E-state index in [1.165, 1.54) is 22.8 Å². The third-order valence-corrected chi connectivity index (χ3v) is 7.98. The number of hydrogen-bond donors (Lipinski definition) is 0. The van der Waals surface area contributed by atoms with Crippen molar-refractivity contribution in [3.8, 4) is 28.7 Å². The Hall–Kier alpha value is -3.02. The Kier molecular flexibility index (Phi) is 4.94. The molecule has 2 aromatic carbocycles. The van der Waals surface area contributed by atoms with Crippen LogP contribution in [0.25, 0.3) is 11.1 Å². The second kappa shape index (κ2) is 7.43. The summed E-state index contributed by atoms with van der Waals surface area (Å²) in [5.41, 5.74) is 2.57. The number of nitrogens with zero attached hydrogens (tertiary/aromatic N) is 2. The van der Waals surface area contributed by atoms with Crippen LogP contribution in [0.15, 0.2) is 52.7 Å². The average Bonchev–Trinajstić information content (AvgIpc) is 3.19. The topological polar surface area (TPSA) is 79.6 Å².